The lowest BCUT2D eigenvalue weighted by atomic mass is 9.93. The number of hydrogen-bond donors (Lipinski definition) is 1. The van der Waals surface area contributed by atoms with Crippen LogP contribution in [0.5, 0.6) is 0 Å². The Morgan fingerprint density at radius 3 is 2.16 bits per heavy atom. The summed E-state index contributed by atoms with van der Waals surface area (Å²) in [5.74, 6) is 0. The Morgan fingerprint density at radius 1 is 0.895 bits per heavy atom. The maximum Gasteiger partial charge on any atom is 0.0591 e. The molecular weight excluding hydrogens is 254 g/mol. The molecule has 0 radical (unpaired) electrons. The largest absolute Gasteiger partial charge is 0.309 e. The summed E-state index contributed by atoms with van der Waals surface area (Å²) >= 11 is 6.44. The van der Waals surface area contributed by atoms with E-state index in [2.05, 4.69) is 62.5 Å². The molecule has 1 atom stereocenters. The van der Waals surface area contributed by atoms with E-state index >= 15 is 0 Å². The van der Waals surface area contributed by atoms with E-state index in [0.29, 0.717) is 0 Å². The van der Waals surface area contributed by atoms with Crippen LogP contribution in [0.1, 0.15) is 33.9 Å². The fourth-order valence-electron chi connectivity index (χ4n) is 2.41. The average Bonchev–Trinajstić information content (AvgIpc) is 2.38. The Bertz CT molecular complexity index is 590. The molecule has 2 aromatic carbocycles. The quantitative estimate of drug-likeness (QED) is 0.863. The number of halogens is 1. The summed E-state index contributed by atoms with van der Waals surface area (Å²) in [5.41, 5.74) is 6.19. The van der Waals surface area contributed by atoms with Crippen molar-refractivity contribution in [3.05, 3.63) is 69.2 Å². The van der Waals surface area contributed by atoms with E-state index in [0.717, 1.165) is 10.6 Å². The minimum Gasteiger partial charge on any atom is -0.309 e. The molecule has 0 fully saturated rings. The van der Waals surface area contributed by atoms with Gasteiger partial charge in [0.2, 0.25) is 0 Å². The molecule has 0 amide bonds. The summed E-state index contributed by atoms with van der Waals surface area (Å²) in [6.07, 6.45) is 0. The molecule has 0 saturated carbocycles. The maximum atomic E-state index is 6.44. The van der Waals surface area contributed by atoms with Crippen LogP contribution in [0, 0.1) is 20.8 Å². The summed E-state index contributed by atoms with van der Waals surface area (Å²) in [6.45, 7) is 6.35. The molecule has 0 aliphatic carbocycles. The summed E-state index contributed by atoms with van der Waals surface area (Å²) in [7, 11) is 1.97. The van der Waals surface area contributed by atoms with E-state index in [1.807, 2.05) is 7.05 Å². The van der Waals surface area contributed by atoms with E-state index < -0.39 is 0 Å². The second-order valence-corrected chi connectivity index (χ2v) is 5.44. The smallest absolute Gasteiger partial charge is 0.0591 e. The van der Waals surface area contributed by atoms with Crippen LogP contribution in [0.15, 0.2) is 36.4 Å². The topological polar surface area (TPSA) is 12.0 Å². The first-order chi connectivity index (χ1) is 9.04. The van der Waals surface area contributed by atoms with E-state index in [1.54, 1.807) is 0 Å². The van der Waals surface area contributed by atoms with Gasteiger partial charge < -0.3 is 5.32 Å². The number of aryl methyl sites for hydroxylation is 3. The second-order valence-electron chi connectivity index (χ2n) is 5.04. The predicted octanol–water partition coefficient (Wildman–Crippen LogP) is 4.57. The molecule has 0 aliphatic heterocycles. The number of hydrogen-bond acceptors (Lipinski definition) is 1. The zero-order chi connectivity index (χ0) is 14.0. The highest BCUT2D eigenvalue weighted by atomic mass is 35.5. The SMILES string of the molecule is CNC(c1ccccc1C)c1cc(C)c(C)cc1Cl. The third-order valence-electron chi connectivity index (χ3n) is 3.71. The van der Waals surface area contributed by atoms with Gasteiger partial charge in [0.25, 0.3) is 0 Å². The highest BCUT2D eigenvalue weighted by Crippen LogP contribution is 2.31. The lowest BCUT2D eigenvalue weighted by Crippen LogP contribution is -2.19. The first kappa shape index (κ1) is 14.1. The lowest BCUT2D eigenvalue weighted by Gasteiger charge is -2.21. The van der Waals surface area contributed by atoms with Crippen molar-refractivity contribution in [3.8, 4) is 0 Å². The Hall–Kier alpha value is -1.31. The first-order valence-electron chi connectivity index (χ1n) is 6.54. The van der Waals surface area contributed by atoms with Crippen LogP contribution in [0.2, 0.25) is 5.02 Å². The highest BCUT2D eigenvalue weighted by molar-refractivity contribution is 6.31. The van der Waals surface area contributed by atoms with E-state index in [1.165, 1.54) is 22.3 Å². The van der Waals surface area contributed by atoms with E-state index in [9.17, 15) is 0 Å². The van der Waals surface area contributed by atoms with Gasteiger partial charge in [-0.05, 0) is 61.7 Å². The van der Waals surface area contributed by atoms with Gasteiger partial charge in [0.15, 0.2) is 0 Å². The average molecular weight is 274 g/mol. The Kier molecular flexibility index (Phi) is 4.28. The normalized spacial score (nSPS) is 12.5. The van der Waals surface area contributed by atoms with Gasteiger partial charge >= 0.3 is 0 Å². The van der Waals surface area contributed by atoms with Crippen molar-refractivity contribution in [1.29, 1.82) is 0 Å². The van der Waals surface area contributed by atoms with Crippen LogP contribution >= 0.6 is 11.6 Å². The van der Waals surface area contributed by atoms with Crippen LogP contribution in [-0.4, -0.2) is 7.05 Å². The van der Waals surface area contributed by atoms with Crippen LogP contribution in [0.4, 0.5) is 0 Å². The molecule has 2 aromatic rings. The number of benzene rings is 2. The standard InChI is InChI=1S/C17H20ClN/c1-11-7-5-6-8-14(11)17(19-4)15-9-12(2)13(3)10-16(15)18/h5-10,17,19H,1-4H3. The van der Waals surface area contributed by atoms with Crippen molar-refractivity contribution in [2.45, 2.75) is 26.8 Å². The zero-order valence-electron chi connectivity index (χ0n) is 11.9. The third-order valence-corrected chi connectivity index (χ3v) is 4.04. The van der Waals surface area contributed by atoms with Gasteiger partial charge in [0.05, 0.1) is 6.04 Å². The Labute approximate surface area is 120 Å². The molecule has 1 unspecified atom stereocenters. The molecule has 2 heteroatoms. The minimum absolute atomic E-state index is 0.132. The molecule has 100 valence electrons. The molecule has 0 aliphatic rings. The van der Waals surface area contributed by atoms with Crippen LogP contribution in [0.25, 0.3) is 0 Å². The van der Waals surface area contributed by atoms with Crippen LogP contribution in [0.3, 0.4) is 0 Å². The van der Waals surface area contributed by atoms with Crippen LogP contribution in [-0.2, 0) is 0 Å². The monoisotopic (exact) mass is 273 g/mol. The van der Waals surface area contributed by atoms with Crippen molar-refractivity contribution in [1.82, 2.24) is 5.32 Å². The molecule has 0 saturated heterocycles. The summed E-state index contributed by atoms with van der Waals surface area (Å²) in [5, 5.41) is 4.20. The van der Waals surface area contributed by atoms with Gasteiger partial charge in [0.1, 0.15) is 0 Å². The van der Waals surface area contributed by atoms with Gasteiger partial charge in [-0.25, -0.2) is 0 Å². The molecule has 1 nitrogen and oxygen atoms in total. The van der Waals surface area contributed by atoms with Gasteiger partial charge in [-0.1, -0.05) is 41.9 Å². The predicted molar refractivity (Wildman–Crippen MR) is 83.0 cm³/mol. The fourth-order valence-corrected chi connectivity index (χ4v) is 2.74. The maximum absolute atomic E-state index is 6.44. The molecule has 1 N–H and O–H groups in total. The molecule has 0 spiro atoms. The van der Waals surface area contributed by atoms with Crippen molar-refractivity contribution in [2.24, 2.45) is 0 Å². The molecule has 19 heavy (non-hydrogen) atoms. The number of rotatable bonds is 3. The fraction of sp³-hybridized carbons (Fsp3) is 0.294. The summed E-state index contributed by atoms with van der Waals surface area (Å²) in [4.78, 5) is 0. The van der Waals surface area contributed by atoms with E-state index in [4.69, 9.17) is 11.6 Å². The minimum atomic E-state index is 0.132. The van der Waals surface area contributed by atoms with Crippen molar-refractivity contribution >= 4 is 11.6 Å². The van der Waals surface area contributed by atoms with Crippen molar-refractivity contribution in [2.75, 3.05) is 7.05 Å². The lowest BCUT2D eigenvalue weighted by molar-refractivity contribution is 0.687. The van der Waals surface area contributed by atoms with Crippen molar-refractivity contribution in [3.63, 3.8) is 0 Å². The molecule has 0 bridgehead atoms. The van der Waals surface area contributed by atoms with E-state index in [-0.39, 0.29) is 6.04 Å². The first-order valence-corrected chi connectivity index (χ1v) is 6.92. The molecule has 2 rings (SSSR count). The molecule has 0 aromatic heterocycles. The Morgan fingerprint density at radius 2 is 1.53 bits per heavy atom. The highest BCUT2D eigenvalue weighted by Gasteiger charge is 2.17. The zero-order valence-corrected chi connectivity index (χ0v) is 12.7. The Balaban J connectivity index is 2.55. The number of nitrogens with one attached hydrogen (secondary N) is 1. The molecule has 0 heterocycles. The second kappa shape index (κ2) is 5.77. The van der Waals surface area contributed by atoms with Crippen LogP contribution < -0.4 is 5.32 Å². The van der Waals surface area contributed by atoms with Gasteiger partial charge in [-0.15, -0.1) is 0 Å². The van der Waals surface area contributed by atoms with Gasteiger partial charge in [-0.2, -0.15) is 0 Å². The van der Waals surface area contributed by atoms with Gasteiger partial charge in [0, 0.05) is 5.02 Å². The summed E-state index contributed by atoms with van der Waals surface area (Å²) < 4.78 is 0. The van der Waals surface area contributed by atoms with Gasteiger partial charge in [-0.3, -0.25) is 0 Å². The van der Waals surface area contributed by atoms with Crippen molar-refractivity contribution < 1.29 is 0 Å². The molecular formula is C17H20ClN. The summed E-state index contributed by atoms with van der Waals surface area (Å²) in [6, 6.07) is 12.8. The third kappa shape index (κ3) is 2.83.